The topological polar surface area (TPSA) is 38.3 Å². The molecule has 3 rings (SSSR count). The molecule has 1 atom stereocenters. The van der Waals surface area contributed by atoms with Gasteiger partial charge in [-0.25, -0.2) is 8.78 Å². The highest BCUT2D eigenvalue weighted by Gasteiger charge is 2.23. The molecule has 3 aromatic rings. The molecule has 0 fully saturated rings. The number of halogens is 3. The Morgan fingerprint density at radius 3 is 2.37 bits per heavy atom. The van der Waals surface area contributed by atoms with Crippen molar-refractivity contribution in [2.45, 2.75) is 6.04 Å². The van der Waals surface area contributed by atoms with E-state index in [1.165, 1.54) is 6.07 Å². The van der Waals surface area contributed by atoms with Crippen LogP contribution >= 0.6 is 11.6 Å². The second-order valence-electron chi connectivity index (χ2n) is 6.50. The largest absolute Gasteiger partial charge is 0.489 e. The van der Waals surface area contributed by atoms with Crippen molar-refractivity contribution >= 4 is 17.5 Å². The molecule has 0 saturated carbocycles. The van der Waals surface area contributed by atoms with Gasteiger partial charge in [-0.05, 0) is 35.4 Å². The molecule has 30 heavy (non-hydrogen) atoms. The SMILES string of the molecule is C=CCOc1ccc(-c2ccccc2)cc1C(CCl)NC(=O)c1c(F)cccc1F. The molecule has 0 bridgehead atoms. The third kappa shape index (κ3) is 4.86. The van der Waals surface area contributed by atoms with Gasteiger partial charge in [-0.1, -0.05) is 55.1 Å². The molecular weight excluding hydrogens is 408 g/mol. The molecule has 3 nitrogen and oxygen atoms in total. The van der Waals surface area contributed by atoms with Crippen LogP contribution in [0.1, 0.15) is 22.0 Å². The predicted molar refractivity (Wildman–Crippen MR) is 115 cm³/mol. The van der Waals surface area contributed by atoms with Gasteiger partial charge in [0.1, 0.15) is 29.6 Å². The van der Waals surface area contributed by atoms with Gasteiger partial charge in [-0.3, -0.25) is 4.79 Å². The number of ether oxygens (including phenoxy) is 1. The highest BCUT2D eigenvalue weighted by molar-refractivity contribution is 6.18. The average molecular weight is 428 g/mol. The Balaban J connectivity index is 1.98. The highest BCUT2D eigenvalue weighted by atomic mass is 35.5. The van der Waals surface area contributed by atoms with E-state index in [-0.39, 0.29) is 12.5 Å². The molecule has 3 aromatic carbocycles. The van der Waals surface area contributed by atoms with Gasteiger partial charge in [-0.2, -0.15) is 0 Å². The van der Waals surface area contributed by atoms with E-state index < -0.39 is 29.1 Å². The minimum Gasteiger partial charge on any atom is -0.489 e. The first-order valence-corrected chi connectivity index (χ1v) is 9.82. The minimum atomic E-state index is -0.943. The van der Waals surface area contributed by atoms with E-state index in [0.717, 1.165) is 23.3 Å². The van der Waals surface area contributed by atoms with Crippen LogP contribution in [0, 0.1) is 11.6 Å². The maximum atomic E-state index is 14.0. The molecule has 0 aliphatic rings. The lowest BCUT2D eigenvalue weighted by molar-refractivity contribution is 0.0931. The first-order chi connectivity index (χ1) is 14.5. The standard InChI is InChI=1S/C24H20ClF2NO2/c1-2-13-30-22-12-11-17(16-7-4-3-5-8-16)14-18(22)21(15-25)28-24(29)23-19(26)9-6-10-20(23)27/h2-12,14,21H,1,13,15H2,(H,28,29). The number of rotatable bonds is 8. The smallest absolute Gasteiger partial charge is 0.257 e. The summed E-state index contributed by atoms with van der Waals surface area (Å²) in [5.41, 5.74) is 1.80. The van der Waals surface area contributed by atoms with Crippen molar-refractivity contribution in [3.63, 3.8) is 0 Å². The number of carbonyl (C=O) groups is 1. The van der Waals surface area contributed by atoms with Crippen LogP contribution in [0.25, 0.3) is 11.1 Å². The number of hydrogen-bond acceptors (Lipinski definition) is 2. The van der Waals surface area contributed by atoms with Crippen molar-refractivity contribution in [1.29, 1.82) is 0 Å². The van der Waals surface area contributed by atoms with Gasteiger partial charge < -0.3 is 10.1 Å². The maximum absolute atomic E-state index is 14.0. The minimum absolute atomic E-state index is 0.0233. The summed E-state index contributed by atoms with van der Waals surface area (Å²) in [4.78, 5) is 12.6. The zero-order valence-corrected chi connectivity index (χ0v) is 16.8. The molecule has 0 aliphatic carbocycles. The van der Waals surface area contributed by atoms with Gasteiger partial charge in [0.05, 0.1) is 6.04 Å². The van der Waals surface area contributed by atoms with Gasteiger partial charge in [-0.15, -0.1) is 11.6 Å². The monoisotopic (exact) mass is 427 g/mol. The molecule has 0 aliphatic heterocycles. The Hall–Kier alpha value is -3.18. The second-order valence-corrected chi connectivity index (χ2v) is 6.80. The lowest BCUT2D eigenvalue weighted by atomic mass is 9.98. The molecular formula is C24H20ClF2NO2. The fourth-order valence-electron chi connectivity index (χ4n) is 3.06. The Kier molecular flexibility index (Phi) is 7.20. The van der Waals surface area contributed by atoms with Crippen LogP contribution in [0.3, 0.4) is 0 Å². The first-order valence-electron chi connectivity index (χ1n) is 9.29. The van der Waals surface area contributed by atoms with Crippen LogP contribution in [0.2, 0.25) is 0 Å². The van der Waals surface area contributed by atoms with Gasteiger partial charge >= 0.3 is 0 Å². The van der Waals surface area contributed by atoms with E-state index in [1.54, 1.807) is 12.1 Å². The fourth-order valence-corrected chi connectivity index (χ4v) is 3.30. The van der Waals surface area contributed by atoms with Crippen molar-refractivity contribution in [2.75, 3.05) is 12.5 Å². The second kappa shape index (κ2) is 10.0. The summed E-state index contributed by atoms with van der Waals surface area (Å²) < 4.78 is 33.8. The Morgan fingerprint density at radius 2 is 1.73 bits per heavy atom. The first kappa shape index (κ1) is 21.5. The number of benzene rings is 3. The molecule has 0 aromatic heterocycles. The van der Waals surface area contributed by atoms with Crippen molar-refractivity contribution < 1.29 is 18.3 Å². The van der Waals surface area contributed by atoms with Crippen LogP contribution in [0.4, 0.5) is 8.78 Å². The lowest BCUT2D eigenvalue weighted by Crippen LogP contribution is -2.31. The summed E-state index contributed by atoms with van der Waals surface area (Å²) in [6.07, 6.45) is 1.60. The van der Waals surface area contributed by atoms with Crippen LogP contribution in [-0.4, -0.2) is 18.4 Å². The molecule has 6 heteroatoms. The molecule has 0 radical (unpaired) electrons. The molecule has 1 unspecified atom stereocenters. The number of nitrogens with one attached hydrogen (secondary N) is 1. The van der Waals surface area contributed by atoms with Crippen molar-refractivity contribution in [1.82, 2.24) is 5.32 Å². The third-order valence-electron chi connectivity index (χ3n) is 4.50. The van der Waals surface area contributed by atoms with E-state index in [1.807, 2.05) is 42.5 Å². The third-order valence-corrected chi connectivity index (χ3v) is 4.81. The Bertz CT molecular complexity index is 1020. The molecule has 0 heterocycles. The van der Waals surface area contributed by atoms with Crippen LogP contribution in [0.15, 0.2) is 79.4 Å². The van der Waals surface area contributed by atoms with Crippen LogP contribution < -0.4 is 10.1 Å². The van der Waals surface area contributed by atoms with Gasteiger partial charge in [0, 0.05) is 11.4 Å². The van der Waals surface area contributed by atoms with E-state index in [0.29, 0.717) is 11.3 Å². The number of hydrogen-bond donors (Lipinski definition) is 1. The summed E-state index contributed by atoms with van der Waals surface area (Å²) in [5, 5.41) is 2.62. The summed E-state index contributed by atoms with van der Waals surface area (Å²) in [5.74, 6) is -2.31. The molecule has 0 saturated heterocycles. The summed E-state index contributed by atoms with van der Waals surface area (Å²) in [6.45, 7) is 3.89. The van der Waals surface area contributed by atoms with Crippen molar-refractivity contribution in [2.24, 2.45) is 0 Å². The summed E-state index contributed by atoms with van der Waals surface area (Å²) >= 11 is 6.14. The van der Waals surface area contributed by atoms with Crippen molar-refractivity contribution in [3.8, 4) is 16.9 Å². The lowest BCUT2D eigenvalue weighted by Gasteiger charge is -2.21. The van der Waals surface area contributed by atoms with E-state index >= 15 is 0 Å². The van der Waals surface area contributed by atoms with Gasteiger partial charge in [0.2, 0.25) is 0 Å². The zero-order chi connectivity index (χ0) is 21.5. The van der Waals surface area contributed by atoms with Crippen LogP contribution in [0.5, 0.6) is 5.75 Å². The molecule has 0 spiro atoms. The van der Waals surface area contributed by atoms with Gasteiger partial charge in [0.15, 0.2) is 0 Å². The fraction of sp³-hybridized carbons (Fsp3) is 0.125. The maximum Gasteiger partial charge on any atom is 0.257 e. The van der Waals surface area contributed by atoms with Crippen molar-refractivity contribution in [3.05, 3.63) is 102 Å². The number of carbonyl (C=O) groups excluding carboxylic acids is 1. The molecule has 1 amide bonds. The quantitative estimate of drug-likeness (QED) is 0.358. The molecule has 154 valence electrons. The highest BCUT2D eigenvalue weighted by Crippen LogP contribution is 2.32. The zero-order valence-electron chi connectivity index (χ0n) is 16.1. The van der Waals surface area contributed by atoms with Crippen LogP contribution in [-0.2, 0) is 0 Å². The predicted octanol–water partition coefficient (Wildman–Crippen LogP) is 5.91. The number of amides is 1. The van der Waals surface area contributed by atoms with E-state index in [4.69, 9.17) is 16.3 Å². The Morgan fingerprint density at radius 1 is 1.03 bits per heavy atom. The van der Waals surface area contributed by atoms with E-state index in [2.05, 4.69) is 11.9 Å². The normalized spacial score (nSPS) is 11.6. The summed E-state index contributed by atoms with van der Waals surface area (Å²) in [7, 11) is 0. The Labute approximate surface area is 179 Å². The summed E-state index contributed by atoms with van der Waals surface area (Å²) in [6, 6.07) is 17.7. The number of alkyl halides is 1. The van der Waals surface area contributed by atoms with E-state index in [9.17, 15) is 13.6 Å². The van der Waals surface area contributed by atoms with Gasteiger partial charge in [0.25, 0.3) is 5.91 Å². The molecule has 1 N–H and O–H groups in total. The average Bonchev–Trinajstić information content (AvgIpc) is 2.76.